The van der Waals surface area contributed by atoms with Crippen LogP contribution in [0, 0.1) is 17.8 Å². The van der Waals surface area contributed by atoms with E-state index in [1.807, 2.05) is 0 Å². The predicted octanol–water partition coefficient (Wildman–Crippen LogP) is 3.32. The molecule has 2 N–H and O–H groups in total. The lowest BCUT2D eigenvalue weighted by Crippen LogP contribution is -2.45. The van der Waals surface area contributed by atoms with Gasteiger partial charge in [0, 0.05) is 24.5 Å². The Morgan fingerprint density at radius 3 is 2.52 bits per heavy atom. The third kappa shape index (κ3) is 3.28. The van der Waals surface area contributed by atoms with Crippen molar-refractivity contribution < 1.29 is 4.79 Å². The standard InChI is InChI=1S/C18H32N2O/c1-13(15-8-4-9-16(19)12-15)18(21)20-11-5-10-17(20)14-6-2-3-7-14/h13-17H,2-12,19H2,1H3. The van der Waals surface area contributed by atoms with Crippen LogP contribution in [0.3, 0.4) is 0 Å². The zero-order valence-corrected chi connectivity index (χ0v) is 13.6. The van der Waals surface area contributed by atoms with Crippen molar-refractivity contribution in [3.05, 3.63) is 0 Å². The summed E-state index contributed by atoms with van der Waals surface area (Å²) in [5.41, 5.74) is 6.12. The van der Waals surface area contributed by atoms with Crippen molar-refractivity contribution in [3.8, 4) is 0 Å². The van der Waals surface area contributed by atoms with Crippen LogP contribution in [0.5, 0.6) is 0 Å². The maximum atomic E-state index is 13.0. The lowest BCUT2D eigenvalue weighted by Gasteiger charge is -2.36. The van der Waals surface area contributed by atoms with Crippen molar-refractivity contribution in [2.75, 3.05) is 6.54 Å². The number of carbonyl (C=O) groups excluding carboxylic acids is 1. The molecule has 0 aromatic rings. The first-order valence-corrected chi connectivity index (χ1v) is 9.23. The van der Waals surface area contributed by atoms with Crippen LogP contribution >= 0.6 is 0 Å². The maximum Gasteiger partial charge on any atom is 0.225 e. The molecule has 2 saturated carbocycles. The third-order valence-electron chi connectivity index (χ3n) is 6.38. The number of amides is 1. The molecule has 3 rings (SSSR count). The van der Waals surface area contributed by atoms with E-state index in [0.29, 0.717) is 23.9 Å². The predicted molar refractivity (Wildman–Crippen MR) is 85.8 cm³/mol. The van der Waals surface area contributed by atoms with Crippen molar-refractivity contribution in [3.63, 3.8) is 0 Å². The van der Waals surface area contributed by atoms with Crippen molar-refractivity contribution in [1.29, 1.82) is 0 Å². The zero-order valence-electron chi connectivity index (χ0n) is 13.6. The second-order valence-corrected chi connectivity index (χ2v) is 7.76. The van der Waals surface area contributed by atoms with Crippen LogP contribution in [-0.2, 0) is 4.79 Å². The fraction of sp³-hybridized carbons (Fsp3) is 0.944. The summed E-state index contributed by atoms with van der Waals surface area (Å²) in [6.07, 6.45) is 12.5. The molecule has 120 valence electrons. The molecule has 1 heterocycles. The fourth-order valence-electron chi connectivity index (χ4n) is 5.08. The van der Waals surface area contributed by atoms with Crippen LogP contribution in [0.4, 0.5) is 0 Å². The van der Waals surface area contributed by atoms with E-state index in [1.165, 1.54) is 51.4 Å². The van der Waals surface area contributed by atoms with Crippen LogP contribution in [0.2, 0.25) is 0 Å². The van der Waals surface area contributed by atoms with E-state index >= 15 is 0 Å². The summed E-state index contributed by atoms with van der Waals surface area (Å²) in [7, 11) is 0. The van der Waals surface area contributed by atoms with E-state index in [1.54, 1.807) is 0 Å². The lowest BCUT2D eigenvalue weighted by molar-refractivity contribution is -0.139. The summed E-state index contributed by atoms with van der Waals surface area (Å²) in [5, 5.41) is 0. The molecule has 3 nitrogen and oxygen atoms in total. The average molecular weight is 292 g/mol. The van der Waals surface area contributed by atoms with Crippen LogP contribution in [0.1, 0.15) is 71.1 Å². The minimum atomic E-state index is 0.179. The molecule has 2 aliphatic carbocycles. The van der Waals surface area contributed by atoms with Gasteiger partial charge in [0.05, 0.1) is 0 Å². The molecule has 1 aliphatic heterocycles. The topological polar surface area (TPSA) is 46.3 Å². The summed E-state index contributed by atoms with van der Waals surface area (Å²) in [4.78, 5) is 15.3. The van der Waals surface area contributed by atoms with Crippen molar-refractivity contribution in [2.24, 2.45) is 23.5 Å². The minimum Gasteiger partial charge on any atom is -0.339 e. The molecule has 4 unspecified atom stereocenters. The largest absolute Gasteiger partial charge is 0.339 e. The molecular formula is C18H32N2O. The number of nitrogens with two attached hydrogens (primary N) is 1. The third-order valence-corrected chi connectivity index (χ3v) is 6.38. The van der Waals surface area contributed by atoms with Crippen molar-refractivity contribution >= 4 is 5.91 Å². The van der Waals surface area contributed by atoms with Gasteiger partial charge in [-0.2, -0.15) is 0 Å². The molecule has 0 aromatic heterocycles. The Morgan fingerprint density at radius 2 is 1.81 bits per heavy atom. The summed E-state index contributed by atoms with van der Waals surface area (Å²) in [5.74, 6) is 1.92. The molecule has 0 bridgehead atoms. The zero-order chi connectivity index (χ0) is 14.8. The first-order chi connectivity index (χ1) is 10.2. The maximum absolute atomic E-state index is 13.0. The summed E-state index contributed by atoms with van der Waals surface area (Å²) >= 11 is 0. The van der Waals surface area contributed by atoms with Gasteiger partial charge in [0.15, 0.2) is 0 Å². The second-order valence-electron chi connectivity index (χ2n) is 7.76. The van der Waals surface area contributed by atoms with E-state index in [9.17, 15) is 4.79 Å². The highest BCUT2D eigenvalue weighted by Gasteiger charge is 2.39. The number of hydrogen-bond acceptors (Lipinski definition) is 2. The van der Waals surface area contributed by atoms with Gasteiger partial charge < -0.3 is 10.6 Å². The Kier molecular flexibility index (Phi) is 4.88. The molecule has 1 saturated heterocycles. The lowest BCUT2D eigenvalue weighted by atomic mass is 9.78. The smallest absolute Gasteiger partial charge is 0.225 e. The van der Waals surface area contributed by atoms with Crippen LogP contribution < -0.4 is 5.73 Å². The van der Waals surface area contributed by atoms with E-state index in [0.717, 1.165) is 25.3 Å². The molecule has 3 heteroatoms. The summed E-state index contributed by atoms with van der Waals surface area (Å²) in [6, 6.07) is 0.878. The highest BCUT2D eigenvalue weighted by molar-refractivity contribution is 5.79. The number of hydrogen-bond donors (Lipinski definition) is 1. The summed E-state index contributed by atoms with van der Waals surface area (Å²) < 4.78 is 0. The molecule has 21 heavy (non-hydrogen) atoms. The van der Waals surface area contributed by atoms with Gasteiger partial charge in [-0.05, 0) is 56.8 Å². The van der Waals surface area contributed by atoms with Crippen LogP contribution in [-0.4, -0.2) is 29.4 Å². The molecule has 3 fully saturated rings. The number of carbonyl (C=O) groups is 1. The molecule has 0 aromatic carbocycles. The molecule has 4 atom stereocenters. The second kappa shape index (κ2) is 6.68. The summed E-state index contributed by atoms with van der Waals surface area (Å²) in [6.45, 7) is 3.16. The van der Waals surface area contributed by atoms with Gasteiger partial charge in [-0.15, -0.1) is 0 Å². The molecule has 1 amide bonds. The van der Waals surface area contributed by atoms with E-state index in [-0.39, 0.29) is 5.92 Å². The highest BCUT2D eigenvalue weighted by atomic mass is 16.2. The SMILES string of the molecule is CC(C(=O)N1CCCC1C1CCCC1)C1CCCC(N)C1. The first-order valence-electron chi connectivity index (χ1n) is 9.23. The van der Waals surface area contributed by atoms with E-state index in [2.05, 4.69) is 11.8 Å². The Morgan fingerprint density at radius 1 is 1.05 bits per heavy atom. The minimum absolute atomic E-state index is 0.179. The van der Waals surface area contributed by atoms with E-state index < -0.39 is 0 Å². The van der Waals surface area contributed by atoms with Crippen LogP contribution in [0.15, 0.2) is 0 Å². The number of rotatable bonds is 3. The van der Waals surface area contributed by atoms with E-state index in [4.69, 9.17) is 5.73 Å². The van der Waals surface area contributed by atoms with Gasteiger partial charge in [0.1, 0.15) is 0 Å². The van der Waals surface area contributed by atoms with Gasteiger partial charge in [-0.1, -0.05) is 26.2 Å². The van der Waals surface area contributed by atoms with Gasteiger partial charge in [0.25, 0.3) is 0 Å². The quantitative estimate of drug-likeness (QED) is 0.867. The number of nitrogens with zero attached hydrogens (tertiary/aromatic N) is 1. The average Bonchev–Trinajstić information content (AvgIpc) is 3.16. The molecule has 3 aliphatic rings. The van der Waals surface area contributed by atoms with Gasteiger partial charge >= 0.3 is 0 Å². The van der Waals surface area contributed by atoms with Gasteiger partial charge in [-0.3, -0.25) is 4.79 Å². The normalized spacial score (nSPS) is 36.1. The molecule has 0 radical (unpaired) electrons. The Balaban J connectivity index is 1.62. The van der Waals surface area contributed by atoms with Crippen molar-refractivity contribution in [2.45, 2.75) is 83.2 Å². The van der Waals surface area contributed by atoms with Gasteiger partial charge in [0.2, 0.25) is 5.91 Å². The Labute approximate surface area is 129 Å². The fourth-order valence-corrected chi connectivity index (χ4v) is 5.08. The first kappa shape index (κ1) is 15.3. The Bertz CT molecular complexity index is 364. The van der Waals surface area contributed by atoms with Crippen molar-refractivity contribution in [1.82, 2.24) is 4.90 Å². The molecule has 0 spiro atoms. The van der Waals surface area contributed by atoms with Crippen LogP contribution in [0.25, 0.3) is 0 Å². The van der Waals surface area contributed by atoms with Gasteiger partial charge in [-0.25, -0.2) is 0 Å². The monoisotopic (exact) mass is 292 g/mol. The highest BCUT2D eigenvalue weighted by Crippen LogP contribution is 2.38. The number of likely N-dealkylation sites (tertiary alicyclic amines) is 1. The Hall–Kier alpha value is -0.570. The molecular weight excluding hydrogens is 260 g/mol.